The van der Waals surface area contributed by atoms with Crippen LogP contribution in [-0.2, 0) is 6.42 Å². The molecular formula is C9H14N2O. The minimum absolute atomic E-state index is 0.238. The average molecular weight is 166 g/mol. The lowest BCUT2D eigenvalue weighted by Crippen LogP contribution is -2.15. The zero-order valence-electron chi connectivity index (χ0n) is 7.72. The van der Waals surface area contributed by atoms with Crippen molar-refractivity contribution < 1.29 is 0 Å². The molecule has 12 heavy (non-hydrogen) atoms. The summed E-state index contributed by atoms with van der Waals surface area (Å²) < 4.78 is 0. The van der Waals surface area contributed by atoms with Gasteiger partial charge in [0.05, 0.1) is 5.69 Å². The number of rotatable bonds is 2. The van der Waals surface area contributed by atoms with Gasteiger partial charge >= 0.3 is 5.69 Å². The predicted molar refractivity (Wildman–Crippen MR) is 48.3 cm³/mol. The molecule has 0 bridgehead atoms. The SMILES string of the molecule is CCc1cc(C(C)C)nc(=O)[nH]1. The van der Waals surface area contributed by atoms with Gasteiger partial charge in [0, 0.05) is 5.69 Å². The number of aromatic nitrogens is 2. The average Bonchev–Trinajstić information content (AvgIpc) is 2.03. The molecule has 0 aliphatic heterocycles. The molecule has 0 saturated heterocycles. The van der Waals surface area contributed by atoms with Crippen LogP contribution in [0.15, 0.2) is 10.9 Å². The van der Waals surface area contributed by atoms with Crippen molar-refractivity contribution in [3.8, 4) is 0 Å². The fourth-order valence-electron chi connectivity index (χ4n) is 1.02. The molecule has 1 aromatic rings. The highest BCUT2D eigenvalue weighted by molar-refractivity contribution is 5.11. The van der Waals surface area contributed by atoms with Gasteiger partial charge in [-0.2, -0.15) is 4.98 Å². The van der Waals surface area contributed by atoms with Crippen molar-refractivity contribution in [3.63, 3.8) is 0 Å². The Kier molecular flexibility index (Phi) is 2.63. The van der Waals surface area contributed by atoms with E-state index in [4.69, 9.17) is 0 Å². The van der Waals surface area contributed by atoms with Crippen molar-refractivity contribution in [2.75, 3.05) is 0 Å². The lowest BCUT2D eigenvalue weighted by atomic mass is 10.1. The Morgan fingerprint density at radius 3 is 2.75 bits per heavy atom. The van der Waals surface area contributed by atoms with E-state index >= 15 is 0 Å². The van der Waals surface area contributed by atoms with Crippen molar-refractivity contribution in [2.45, 2.75) is 33.1 Å². The van der Waals surface area contributed by atoms with Gasteiger partial charge < -0.3 is 4.98 Å². The van der Waals surface area contributed by atoms with Gasteiger partial charge in [-0.15, -0.1) is 0 Å². The van der Waals surface area contributed by atoms with E-state index in [1.165, 1.54) is 0 Å². The minimum atomic E-state index is -0.238. The van der Waals surface area contributed by atoms with Crippen LogP contribution in [0.5, 0.6) is 0 Å². The smallest absolute Gasteiger partial charge is 0.310 e. The van der Waals surface area contributed by atoms with E-state index in [1.54, 1.807) is 0 Å². The van der Waals surface area contributed by atoms with Crippen LogP contribution in [0.3, 0.4) is 0 Å². The molecule has 0 amide bonds. The second-order valence-corrected chi connectivity index (χ2v) is 3.14. The number of nitrogens with one attached hydrogen (secondary N) is 1. The topological polar surface area (TPSA) is 45.8 Å². The van der Waals surface area contributed by atoms with E-state index in [9.17, 15) is 4.79 Å². The van der Waals surface area contributed by atoms with E-state index in [0.717, 1.165) is 17.8 Å². The number of aryl methyl sites for hydroxylation is 1. The molecule has 3 nitrogen and oxygen atoms in total. The number of H-pyrrole nitrogens is 1. The first-order valence-corrected chi connectivity index (χ1v) is 4.23. The van der Waals surface area contributed by atoms with Crippen LogP contribution in [0, 0.1) is 0 Å². The third-order valence-corrected chi connectivity index (χ3v) is 1.79. The molecule has 0 atom stereocenters. The first-order chi connectivity index (χ1) is 5.63. The lowest BCUT2D eigenvalue weighted by Gasteiger charge is -2.04. The molecule has 1 rings (SSSR count). The molecule has 66 valence electrons. The molecule has 0 radical (unpaired) electrons. The van der Waals surface area contributed by atoms with Gasteiger partial charge in [0.15, 0.2) is 0 Å². The van der Waals surface area contributed by atoms with Crippen molar-refractivity contribution in [2.24, 2.45) is 0 Å². The Morgan fingerprint density at radius 2 is 2.25 bits per heavy atom. The van der Waals surface area contributed by atoms with Crippen molar-refractivity contribution >= 4 is 0 Å². The van der Waals surface area contributed by atoms with Gasteiger partial charge in [-0.05, 0) is 18.4 Å². The standard InChI is InChI=1S/C9H14N2O/c1-4-7-5-8(6(2)3)11-9(12)10-7/h5-6H,4H2,1-3H3,(H,10,11,12). The molecule has 1 aromatic heterocycles. The largest absolute Gasteiger partial charge is 0.345 e. The number of nitrogens with zero attached hydrogens (tertiary/aromatic N) is 1. The van der Waals surface area contributed by atoms with Crippen LogP contribution in [-0.4, -0.2) is 9.97 Å². The Hall–Kier alpha value is -1.12. The Morgan fingerprint density at radius 1 is 1.58 bits per heavy atom. The fraction of sp³-hybridized carbons (Fsp3) is 0.556. The van der Waals surface area contributed by atoms with Gasteiger partial charge in [-0.1, -0.05) is 20.8 Å². The maximum Gasteiger partial charge on any atom is 0.345 e. The van der Waals surface area contributed by atoms with E-state index < -0.39 is 0 Å². The van der Waals surface area contributed by atoms with Gasteiger partial charge in [0.25, 0.3) is 0 Å². The van der Waals surface area contributed by atoms with E-state index in [1.807, 2.05) is 26.8 Å². The van der Waals surface area contributed by atoms with E-state index in [0.29, 0.717) is 5.92 Å². The van der Waals surface area contributed by atoms with Gasteiger partial charge in [0.2, 0.25) is 0 Å². The van der Waals surface area contributed by atoms with Gasteiger partial charge in [-0.3, -0.25) is 0 Å². The molecule has 3 heteroatoms. The first-order valence-electron chi connectivity index (χ1n) is 4.23. The molecule has 1 heterocycles. The van der Waals surface area contributed by atoms with Gasteiger partial charge in [0.1, 0.15) is 0 Å². The fourth-order valence-corrected chi connectivity index (χ4v) is 1.02. The van der Waals surface area contributed by atoms with Crippen LogP contribution in [0.25, 0.3) is 0 Å². The summed E-state index contributed by atoms with van der Waals surface area (Å²) in [5, 5.41) is 0. The Bertz CT molecular complexity index is 315. The molecule has 0 aliphatic carbocycles. The predicted octanol–water partition coefficient (Wildman–Crippen LogP) is 1.46. The third kappa shape index (κ3) is 1.94. The summed E-state index contributed by atoms with van der Waals surface area (Å²) in [6.45, 7) is 6.07. The lowest BCUT2D eigenvalue weighted by molar-refractivity contribution is 0.788. The summed E-state index contributed by atoms with van der Waals surface area (Å²) in [5.74, 6) is 0.317. The molecule has 0 spiro atoms. The zero-order chi connectivity index (χ0) is 9.14. The first kappa shape index (κ1) is 8.97. The van der Waals surface area contributed by atoms with Gasteiger partial charge in [-0.25, -0.2) is 4.79 Å². The van der Waals surface area contributed by atoms with Crippen LogP contribution in [0.4, 0.5) is 0 Å². The van der Waals surface area contributed by atoms with Crippen LogP contribution < -0.4 is 5.69 Å². The van der Waals surface area contributed by atoms with E-state index in [2.05, 4.69) is 9.97 Å². The molecule has 0 aromatic carbocycles. The highest BCUT2D eigenvalue weighted by Gasteiger charge is 2.02. The summed E-state index contributed by atoms with van der Waals surface area (Å²) in [6.07, 6.45) is 0.845. The maximum atomic E-state index is 11.0. The molecule has 0 fully saturated rings. The van der Waals surface area contributed by atoms with Crippen LogP contribution in [0.2, 0.25) is 0 Å². The zero-order valence-corrected chi connectivity index (χ0v) is 7.72. The molecule has 0 saturated carbocycles. The highest BCUT2D eigenvalue weighted by atomic mass is 16.1. The third-order valence-electron chi connectivity index (χ3n) is 1.79. The summed E-state index contributed by atoms with van der Waals surface area (Å²) in [4.78, 5) is 17.6. The van der Waals surface area contributed by atoms with Crippen molar-refractivity contribution in [3.05, 3.63) is 27.9 Å². The Balaban J connectivity index is 3.15. The summed E-state index contributed by atoms with van der Waals surface area (Å²) in [7, 11) is 0. The molecular weight excluding hydrogens is 152 g/mol. The molecule has 1 N–H and O–H groups in total. The van der Waals surface area contributed by atoms with E-state index in [-0.39, 0.29) is 5.69 Å². The summed E-state index contributed by atoms with van der Waals surface area (Å²) in [5.41, 5.74) is 1.59. The van der Waals surface area contributed by atoms with Crippen molar-refractivity contribution in [1.82, 2.24) is 9.97 Å². The second-order valence-electron chi connectivity index (χ2n) is 3.14. The van der Waals surface area contributed by atoms with Crippen LogP contribution >= 0.6 is 0 Å². The highest BCUT2D eigenvalue weighted by Crippen LogP contribution is 2.09. The summed E-state index contributed by atoms with van der Waals surface area (Å²) in [6, 6.07) is 1.95. The Labute approximate surface area is 71.9 Å². The quantitative estimate of drug-likeness (QED) is 0.722. The molecule has 0 aliphatic rings. The van der Waals surface area contributed by atoms with Crippen LogP contribution in [0.1, 0.15) is 38.1 Å². The monoisotopic (exact) mass is 166 g/mol. The maximum absolute atomic E-state index is 11.0. The summed E-state index contributed by atoms with van der Waals surface area (Å²) >= 11 is 0. The minimum Gasteiger partial charge on any atom is -0.310 e. The number of hydrogen-bond donors (Lipinski definition) is 1. The number of aromatic amines is 1. The second kappa shape index (κ2) is 3.52. The number of hydrogen-bond acceptors (Lipinski definition) is 2. The molecule has 0 unspecified atom stereocenters. The normalized spacial score (nSPS) is 10.7. The van der Waals surface area contributed by atoms with Crippen molar-refractivity contribution in [1.29, 1.82) is 0 Å².